The molecule has 1 aromatic heterocycles. The standard InChI is InChI=1S/C18H22F3NO5S/c1-3-5-12-15(9-8-13-16(12)27-22-17(13)18(19,20)21)26-14-7-4-6-11(14)10-25-28(2,23)24/h8-9,11,14H,3-7,10H2,1-2H3/t11-,14?/m1/s1. The molecule has 1 heterocycles. The third kappa shape index (κ3) is 4.60. The lowest BCUT2D eigenvalue weighted by molar-refractivity contribution is -0.141. The maximum atomic E-state index is 13.1. The van der Waals surface area contributed by atoms with Gasteiger partial charge in [0.05, 0.1) is 18.2 Å². The van der Waals surface area contributed by atoms with E-state index in [-0.39, 0.29) is 29.6 Å². The van der Waals surface area contributed by atoms with Crippen molar-refractivity contribution < 1.29 is 35.0 Å². The number of benzene rings is 1. The van der Waals surface area contributed by atoms with E-state index < -0.39 is 22.0 Å². The Bertz CT molecular complexity index is 939. The molecule has 1 aromatic carbocycles. The third-order valence-electron chi connectivity index (χ3n) is 4.83. The first kappa shape index (κ1) is 20.9. The van der Waals surface area contributed by atoms with Crippen LogP contribution in [-0.4, -0.2) is 32.5 Å². The maximum absolute atomic E-state index is 13.1. The van der Waals surface area contributed by atoms with Gasteiger partial charge in [-0.3, -0.25) is 4.18 Å². The summed E-state index contributed by atoms with van der Waals surface area (Å²) < 4.78 is 77.9. The molecular formula is C18H22F3NO5S. The fourth-order valence-electron chi connectivity index (χ4n) is 3.57. The second kappa shape index (κ2) is 7.90. The Kier molecular flexibility index (Phi) is 5.90. The molecule has 10 heteroatoms. The van der Waals surface area contributed by atoms with Gasteiger partial charge >= 0.3 is 6.18 Å². The monoisotopic (exact) mass is 421 g/mol. The molecule has 0 saturated heterocycles. The van der Waals surface area contributed by atoms with Gasteiger partial charge in [0.15, 0.2) is 11.3 Å². The first-order valence-corrected chi connectivity index (χ1v) is 10.9. The van der Waals surface area contributed by atoms with Crippen molar-refractivity contribution >= 4 is 21.1 Å². The number of aryl methyl sites for hydroxylation is 1. The van der Waals surface area contributed by atoms with Crippen LogP contribution in [0.25, 0.3) is 11.0 Å². The summed E-state index contributed by atoms with van der Waals surface area (Å²) in [5.74, 6) is 0.329. The summed E-state index contributed by atoms with van der Waals surface area (Å²) in [6.07, 6.45) is -0.408. The molecule has 0 amide bonds. The van der Waals surface area contributed by atoms with Gasteiger partial charge in [0.1, 0.15) is 11.9 Å². The number of fused-ring (bicyclic) bond motifs is 1. The highest BCUT2D eigenvalue weighted by molar-refractivity contribution is 7.85. The van der Waals surface area contributed by atoms with E-state index in [1.54, 1.807) is 0 Å². The number of aromatic nitrogens is 1. The lowest BCUT2D eigenvalue weighted by Crippen LogP contribution is -2.26. The Labute approximate surface area is 161 Å². The van der Waals surface area contributed by atoms with Gasteiger partial charge in [0, 0.05) is 11.5 Å². The number of alkyl halides is 3. The van der Waals surface area contributed by atoms with Crippen molar-refractivity contribution in [2.75, 3.05) is 12.9 Å². The molecule has 6 nitrogen and oxygen atoms in total. The van der Waals surface area contributed by atoms with E-state index in [0.29, 0.717) is 30.6 Å². The van der Waals surface area contributed by atoms with E-state index in [9.17, 15) is 21.6 Å². The number of hydrogen-bond donors (Lipinski definition) is 0. The van der Waals surface area contributed by atoms with Crippen molar-refractivity contribution in [2.24, 2.45) is 5.92 Å². The Morgan fingerprint density at radius 1 is 1.29 bits per heavy atom. The Morgan fingerprint density at radius 2 is 2.04 bits per heavy atom. The van der Waals surface area contributed by atoms with Gasteiger partial charge in [0.25, 0.3) is 10.1 Å². The average molecular weight is 421 g/mol. The molecule has 28 heavy (non-hydrogen) atoms. The molecule has 1 aliphatic carbocycles. The normalized spacial score (nSPS) is 20.8. The molecule has 2 atom stereocenters. The topological polar surface area (TPSA) is 78.6 Å². The molecule has 2 aromatic rings. The molecule has 3 rings (SSSR count). The lowest BCUT2D eigenvalue weighted by atomic mass is 10.0. The summed E-state index contributed by atoms with van der Waals surface area (Å²) in [7, 11) is -3.55. The van der Waals surface area contributed by atoms with Crippen molar-refractivity contribution in [3.63, 3.8) is 0 Å². The Hall–Kier alpha value is -1.81. The molecular weight excluding hydrogens is 399 g/mol. The van der Waals surface area contributed by atoms with Gasteiger partial charge in [-0.15, -0.1) is 0 Å². The van der Waals surface area contributed by atoms with E-state index in [2.05, 4.69) is 5.16 Å². The number of ether oxygens (including phenoxy) is 1. The highest BCUT2D eigenvalue weighted by atomic mass is 32.2. The molecule has 0 aliphatic heterocycles. The van der Waals surface area contributed by atoms with Gasteiger partial charge in [-0.25, -0.2) is 0 Å². The highest BCUT2D eigenvalue weighted by Gasteiger charge is 2.38. The molecule has 0 N–H and O–H groups in total. The van der Waals surface area contributed by atoms with Crippen molar-refractivity contribution in [1.29, 1.82) is 0 Å². The average Bonchev–Trinajstić information content (AvgIpc) is 3.20. The minimum Gasteiger partial charge on any atom is -0.490 e. The first-order chi connectivity index (χ1) is 13.1. The number of nitrogens with zero attached hydrogens (tertiary/aromatic N) is 1. The molecule has 0 radical (unpaired) electrons. The summed E-state index contributed by atoms with van der Waals surface area (Å²) >= 11 is 0. The summed E-state index contributed by atoms with van der Waals surface area (Å²) in [5, 5.41) is 3.12. The number of rotatable bonds is 7. The van der Waals surface area contributed by atoms with Crippen LogP contribution < -0.4 is 4.74 Å². The zero-order valence-corrected chi connectivity index (χ0v) is 16.4. The maximum Gasteiger partial charge on any atom is 0.437 e. The van der Waals surface area contributed by atoms with Crippen LogP contribution >= 0.6 is 0 Å². The fourth-order valence-corrected chi connectivity index (χ4v) is 3.99. The molecule has 1 fully saturated rings. The smallest absolute Gasteiger partial charge is 0.437 e. The third-order valence-corrected chi connectivity index (χ3v) is 5.40. The van der Waals surface area contributed by atoms with Crippen molar-refractivity contribution in [3.05, 3.63) is 23.4 Å². The zero-order valence-electron chi connectivity index (χ0n) is 15.6. The summed E-state index contributed by atoms with van der Waals surface area (Å²) in [6, 6.07) is 2.81. The van der Waals surface area contributed by atoms with Crippen LogP contribution in [0.2, 0.25) is 0 Å². The molecule has 1 unspecified atom stereocenters. The van der Waals surface area contributed by atoms with Crippen molar-refractivity contribution in [1.82, 2.24) is 5.16 Å². The minimum absolute atomic E-state index is 0.0232. The summed E-state index contributed by atoms with van der Waals surface area (Å²) in [4.78, 5) is 0. The van der Waals surface area contributed by atoms with E-state index in [1.165, 1.54) is 12.1 Å². The van der Waals surface area contributed by atoms with Crippen LogP contribution in [0, 0.1) is 5.92 Å². The van der Waals surface area contributed by atoms with Crippen molar-refractivity contribution in [2.45, 2.75) is 51.3 Å². The summed E-state index contributed by atoms with van der Waals surface area (Å²) in [6.45, 7) is 1.93. The van der Waals surface area contributed by atoms with Gasteiger partial charge in [-0.2, -0.15) is 21.6 Å². The van der Waals surface area contributed by atoms with E-state index in [1.807, 2.05) is 6.92 Å². The second-order valence-electron chi connectivity index (χ2n) is 7.03. The molecule has 0 spiro atoms. The van der Waals surface area contributed by atoms with Crippen LogP contribution in [-0.2, 0) is 26.9 Å². The number of hydrogen-bond acceptors (Lipinski definition) is 6. The van der Waals surface area contributed by atoms with Gasteiger partial charge in [0.2, 0.25) is 0 Å². The first-order valence-electron chi connectivity index (χ1n) is 9.09. The molecule has 1 aliphatic rings. The van der Waals surface area contributed by atoms with Crippen LogP contribution in [0.3, 0.4) is 0 Å². The fraction of sp³-hybridized carbons (Fsp3) is 0.611. The lowest BCUT2D eigenvalue weighted by Gasteiger charge is -2.22. The van der Waals surface area contributed by atoms with Crippen LogP contribution in [0.4, 0.5) is 13.2 Å². The summed E-state index contributed by atoms with van der Waals surface area (Å²) in [5.41, 5.74) is -0.432. The molecule has 0 bridgehead atoms. The van der Waals surface area contributed by atoms with Crippen molar-refractivity contribution in [3.8, 4) is 5.75 Å². The largest absolute Gasteiger partial charge is 0.490 e. The van der Waals surface area contributed by atoms with Gasteiger partial charge in [-0.05, 0) is 37.8 Å². The van der Waals surface area contributed by atoms with Gasteiger partial charge < -0.3 is 9.26 Å². The second-order valence-corrected chi connectivity index (χ2v) is 8.68. The predicted octanol–water partition coefficient (Wildman–Crippen LogP) is 4.32. The van der Waals surface area contributed by atoms with Crippen LogP contribution in [0.15, 0.2) is 16.7 Å². The zero-order chi connectivity index (χ0) is 20.5. The van der Waals surface area contributed by atoms with Crippen LogP contribution in [0.1, 0.15) is 43.9 Å². The molecule has 156 valence electrons. The van der Waals surface area contributed by atoms with E-state index in [0.717, 1.165) is 19.1 Å². The van der Waals surface area contributed by atoms with E-state index in [4.69, 9.17) is 13.4 Å². The highest BCUT2D eigenvalue weighted by Crippen LogP contribution is 2.39. The predicted molar refractivity (Wildman–Crippen MR) is 95.6 cm³/mol. The number of halogens is 3. The van der Waals surface area contributed by atoms with E-state index >= 15 is 0 Å². The Morgan fingerprint density at radius 3 is 2.68 bits per heavy atom. The Balaban J connectivity index is 1.89. The van der Waals surface area contributed by atoms with Gasteiger partial charge in [-0.1, -0.05) is 18.5 Å². The SMILES string of the molecule is CCCc1c(OC2CCC[C@@H]2COS(C)(=O)=O)ccc2c(C(F)(F)F)noc12. The van der Waals surface area contributed by atoms with Crippen LogP contribution in [0.5, 0.6) is 5.75 Å². The minimum atomic E-state index is -4.60. The quantitative estimate of drug-likeness (QED) is 0.620. The molecule has 1 saturated carbocycles.